The fourth-order valence-electron chi connectivity index (χ4n) is 1.92. The Hall–Kier alpha value is 0.314. The molecule has 0 saturated heterocycles. The maximum absolute atomic E-state index is 10.9. The van der Waals surface area contributed by atoms with Crippen LogP contribution < -0.4 is 0 Å². The molecule has 0 aliphatic carbocycles. The standard InChI is InChI=1S/C12H24Cl2O3Si2/c1-5-18(3,9-7-11(13)15)17-19(4,6-2)10-8-12(14)16/h5-10H2,1-4H3. The monoisotopic (exact) mass is 342 g/mol. The lowest BCUT2D eigenvalue weighted by molar-refractivity contribution is -0.112. The smallest absolute Gasteiger partial charge is 0.221 e. The molecule has 0 aliphatic heterocycles. The zero-order valence-corrected chi connectivity index (χ0v) is 15.7. The van der Waals surface area contributed by atoms with E-state index in [0.29, 0.717) is 12.8 Å². The summed E-state index contributed by atoms with van der Waals surface area (Å²) in [4.78, 5) is 21.9. The van der Waals surface area contributed by atoms with Gasteiger partial charge < -0.3 is 4.12 Å². The first-order chi connectivity index (χ1) is 8.66. The highest BCUT2D eigenvalue weighted by atomic mass is 35.5. The minimum Gasteiger partial charge on any atom is -0.455 e. The van der Waals surface area contributed by atoms with Gasteiger partial charge in [-0.2, -0.15) is 0 Å². The first-order valence-electron chi connectivity index (χ1n) is 6.73. The molecule has 0 heterocycles. The summed E-state index contributed by atoms with van der Waals surface area (Å²) in [5.41, 5.74) is 0. The Morgan fingerprint density at radius 1 is 0.895 bits per heavy atom. The van der Waals surface area contributed by atoms with E-state index in [-0.39, 0.29) is 10.5 Å². The van der Waals surface area contributed by atoms with E-state index < -0.39 is 16.6 Å². The number of hydrogen-bond acceptors (Lipinski definition) is 3. The van der Waals surface area contributed by atoms with Gasteiger partial charge in [0.05, 0.1) is 0 Å². The third-order valence-electron chi connectivity index (χ3n) is 3.69. The molecule has 0 amide bonds. The van der Waals surface area contributed by atoms with Gasteiger partial charge in [-0.1, -0.05) is 13.8 Å². The molecule has 2 atom stereocenters. The van der Waals surface area contributed by atoms with Crippen molar-refractivity contribution in [1.29, 1.82) is 0 Å². The summed E-state index contributed by atoms with van der Waals surface area (Å²) in [5.74, 6) is 0. The zero-order chi connectivity index (χ0) is 15.1. The molecule has 0 aromatic carbocycles. The molecule has 0 aliphatic rings. The quantitative estimate of drug-likeness (QED) is 0.433. The molecular formula is C12H24Cl2O3Si2. The van der Waals surface area contributed by atoms with E-state index in [0.717, 1.165) is 24.2 Å². The maximum Gasteiger partial charge on any atom is 0.221 e. The highest BCUT2D eigenvalue weighted by molar-refractivity contribution is 6.86. The van der Waals surface area contributed by atoms with Crippen molar-refractivity contribution in [2.45, 2.75) is 64.0 Å². The van der Waals surface area contributed by atoms with Crippen molar-refractivity contribution < 1.29 is 13.7 Å². The van der Waals surface area contributed by atoms with Crippen LogP contribution in [-0.4, -0.2) is 27.1 Å². The van der Waals surface area contributed by atoms with Crippen LogP contribution in [-0.2, 0) is 13.7 Å². The van der Waals surface area contributed by atoms with E-state index in [1.54, 1.807) is 0 Å². The minimum atomic E-state index is -1.91. The lowest BCUT2D eigenvalue weighted by Crippen LogP contribution is -2.47. The van der Waals surface area contributed by atoms with Crippen LogP contribution in [0.4, 0.5) is 0 Å². The Morgan fingerprint density at radius 2 is 1.21 bits per heavy atom. The minimum absolute atomic E-state index is 0.299. The van der Waals surface area contributed by atoms with Gasteiger partial charge in [-0.15, -0.1) is 0 Å². The van der Waals surface area contributed by atoms with Crippen LogP contribution in [0.25, 0.3) is 0 Å². The van der Waals surface area contributed by atoms with Crippen molar-refractivity contribution in [2.24, 2.45) is 0 Å². The van der Waals surface area contributed by atoms with Gasteiger partial charge in [0.15, 0.2) is 16.6 Å². The predicted octanol–water partition coefficient (Wildman–Crippen LogP) is 4.50. The van der Waals surface area contributed by atoms with Gasteiger partial charge in [0.25, 0.3) is 0 Å². The van der Waals surface area contributed by atoms with Gasteiger partial charge >= 0.3 is 0 Å². The van der Waals surface area contributed by atoms with Crippen molar-refractivity contribution in [3.05, 3.63) is 0 Å². The second kappa shape index (κ2) is 8.57. The van der Waals surface area contributed by atoms with Crippen LogP contribution in [0.3, 0.4) is 0 Å². The molecule has 7 heteroatoms. The Balaban J connectivity index is 4.68. The first-order valence-corrected chi connectivity index (χ1v) is 13.1. The number of carbonyl (C=O) groups excluding carboxylic acids is 2. The molecule has 0 aromatic rings. The third-order valence-corrected chi connectivity index (χ3v) is 13.6. The third kappa shape index (κ3) is 8.24. The fraction of sp³-hybridized carbons (Fsp3) is 0.833. The average molecular weight is 343 g/mol. The lowest BCUT2D eigenvalue weighted by Gasteiger charge is -2.37. The summed E-state index contributed by atoms with van der Waals surface area (Å²) < 4.78 is 6.48. The number of hydrogen-bond donors (Lipinski definition) is 0. The molecular weight excluding hydrogens is 319 g/mol. The van der Waals surface area contributed by atoms with Crippen molar-refractivity contribution in [2.75, 3.05) is 0 Å². The Morgan fingerprint density at radius 3 is 1.42 bits per heavy atom. The van der Waals surface area contributed by atoms with E-state index in [2.05, 4.69) is 26.9 Å². The first kappa shape index (κ1) is 19.3. The van der Waals surface area contributed by atoms with Crippen LogP contribution in [0.15, 0.2) is 0 Å². The van der Waals surface area contributed by atoms with Crippen molar-refractivity contribution in [1.82, 2.24) is 0 Å². The fourth-order valence-corrected chi connectivity index (χ4v) is 11.4. The topological polar surface area (TPSA) is 43.4 Å². The molecule has 112 valence electrons. The van der Waals surface area contributed by atoms with Crippen molar-refractivity contribution in [3.8, 4) is 0 Å². The summed E-state index contributed by atoms with van der Waals surface area (Å²) in [7, 11) is -3.82. The summed E-state index contributed by atoms with van der Waals surface area (Å²) in [6.07, 6.45) is 0.751. The summed E-state index contributed by atoms with van der Waals surface area (Å²) in [6, 6.07) is 3.41. The van der Waals surface area contributed by atoms with Gasteiger partial charge in [-0.05, 0) is 60.5 Å². The summed E-state index contributed by atoms with van der Waals surface area (Å²) >= 11 is 10.9. The summed E-state index contributed by atoms with van der Waals surface area (Å²) in [6.45, 7) is 8.50. The Labute approximate surface area is 128 Å². The molecule has 2 unspecified atom stereocenters. The van der Waals surface area contributed by atoms with Crippen LogP contribution in [0.2, 0.25) is 37.3 Å². The van der Waals surface area contributed by atoms with Gasteiger partial charge in [-0.25, -0.2) is 0 Å². The SMILES string of the molecule is CC[Si](C)(CCC(=O)Cl)O[Si](C)(CC)CCC(=O)Cl. The molecule has 0 rings (SSSR count). The Kier molecular flexibility index (Phi) is 8.71. The second-order valence-corrected chi connectivity index (χ2v) is 15.3. The van der Waals surface area contributed by atoms with E-state index in [1.165, 1.54) is 0 Å². The molecule has 0 saturated carbocycles. The molecule has 0 bridgehead atoms. The number of rotatable bonds is 10. The molecule has 0 spiro atoms. The molecule has 0 N–H and O–H groups in total. The van der Waals surface area contributed by atoms with Gasteiger partial charge in [0.2, 0.25) is 10.5 Å². The van der Waals surface area contributed by atoms with E-state index in [4.69, 9.17) is 27.3 Å². The molecule has 19 heavy (non-hydrogen) atoms. The highest BCUT2D eigenvalue weighted by Crippen LogP contribution is 2.29. The highest BCUT2D eigenvalue weighted by Gasteiger charge is 2.37. The van der Waals surface area contributed by atoms with Crippen LogP contribution >= 0.6 is 23.2 Å². The molecule has 0 radical (unpaired) electrons. The predicted molar refractivity (Wildman–Crippen MR) is 85.9 cm³/mol. The van der Waals surface area contributed by atoms with E-state index in [9.17, 15) is 9.59 Å². The molecule has 0 fully saturated rings. The lowest BCUT2D eigenvalue weighted by atomic mass is 10.5. The molecule has 3 nitrogen and oxygen atoms in total. The zero-order valence-electron chi connectivity index (χ0n) is 12.2. The van der Waals surface area contributed by atoms with Crippen LogP contribution in [0, 0.1) is 0 Å². The van der Waals surface area contributed by atoms with Gasteiger partial charge in [0, 0.05) is 12.8 Å². The second-order valence-electron chi connectivity index (χ2n) is 5.42. The van der Waals surface area contributed by atoms with Crippen LogP contribution in [0.5, 0.6) is 0 Å². The Bertz CT molecular complexity index is 298. The largest absolute Gasteiger partial charge is 0.455 e. The maximum atomic E-state index is 10.9. The van der Waals surface area contributed by atoms with Gasteiger partial charge in [0.1, 0.15) is 0 Å². The summed E-state index contributed by atoms with van der Waals surface area (Å²) in [5, 5.41) is -0.599. The van der Waals surface area contributed by atoms with Gasteiger partial charge in [-0.3, -0.25) is 9.59 Å². The number of halogens is 2. The normalized spacial score (nSPS) is 17.6. The van der Waals surface area contributed by atoms with Crippen molar-refractivity contribution in [3.63, 3.8) is 0 Å². The van der Waals surface area contributed by atoms with Crippen LogP contribution in [0.1, 0.15) is 26.7 Å². The number of carbonyl (C=O) groups is 2. The van der Waals surface area contributed by atoms with E-state index >= 15 is 0 Å². The molecule has 0 aromatic heterocycles. The van der Waals surface area contributed by atoms with Crippen molar-refractivity contribution >= 4 is 50.3 Å². The average Bonchev–Trinajstić information content (AvgIpc) is 2.34. The van der Waals surface area contributed by atoms with E-state index in [1.807, 2.05) is 0 Å².